The molecule has 1 aliphatic carbocycles. The lowest BCUT2D eigenvalue weighted by molar-refractivity contribution is 0.0695. The van der Waals surface area contributed by atoms with Gasteiger partial charge < -0.3 is 9.84 Å². The van der Waals surface area contributed by atoms with Crippen LogP contribution >= 0.6 is 15.9 Å². The molecule has 0 saturated heterocycles. The molecular weight excluding hydrogens is 308 g/mol. The van der Waals surface area contributed by atoms with E-state index < -0.39 is 5.97 Å². The lowest BCUT2D eigenvalue weighted by Crippen LogP contribution is -2.28. The van der Waals surface area contributed by atoms with Crippen molar-refractivity contribution in [3.05, 3.63) is 28.2 Å². The summed E-state index contributed by atoms with van der Waals surface area (Å²) in [6, 6.07) is 5.05. The van der Waals surface area contributed by atoms with Crippen LogP contribution in [0, 0.1) is 5.41 Å². The van der Waals surface area contributed by atoms with Crippen molar-refractivity contribution in [1.82, 2.24) is 0 Å². The number of hydrogen-bond acceptors (Lipinski definition) is 2. The van der Waals surface area contributed by atoms with Gasteiger partial charge in [-0.25, -0.2) is 4.79 Å². The third kappa shape index (κ3) is 3.72. The molecule has 19 heavy (non-hydrogen) atoms. The number of carboxylic acids is 1. The number of aromatic carboxylic acids is 1. The predicted octanol–water partition coefficient (Wildman–Crippen LogP) is 4.49. The second-order valence-electron chi connectivity index (χ2n) is 5.93. The normalized spacial score (nSPS) is 19.1. The van der Waals surface area contributed by atoms with Crippen molar-refractivity contribution in [1.29, 1.82) is 0 Å². The fraction of sp³-hybridized carbons (Fsp3) is 0.533. The van der Waals surface area contributed by atoms with Crippen molar-refractivity contribution in [2.45, 2.75) is 45.6 Å². The van der Waals surface area contributed by atoms with Gasteiger partial charge in [-0.2, -0.15) is 0 Å². The predicted molar refractivity (Wildman–Crippen MR) is 77.8 cm³/mol. The Morgan fingerprint density at radius 3 is 2.53 bits per heavy atom. The minimum Gasteiger partial charge on any atom is -0.490 e. The van der Waals surface area contributed by atoms with E-state index in [0.717, 1.165) is 18.6 Å². The minimum atomic E-state index is -0.933. The Hall–Kier alpha value is -1.03. The number of carboxylic acid groups (broad SMARTS) is 1. The summed E-state index contributed by atoms with van der Waals surface area (Å²) in [4.78, 5) is 10.9. The first-order chi connectivity index (χ1) is 8.87. The number of halogens is 1. The van der Waals surface area contributed by atoms with Crippen LogP contribution in [-0.4, -0.2) is 17.2 Å². The Morgan fingerprint density at radius 2 is 2.00 bits per heavy atom. The fourth-order valence-electron chi connectivity index (χ4n) is 2.43. The number of carbonyl (C=O) groups is 1. The second kappa shape index (κ2) is 5.53. The fourth-order valence-corrected chi connectivity index (χ4v) is 2.95. The molecule has 1 aromatic rings. The maximum atomic E-state index is 10.9. The van der Waals surface area contributed by atoms with Gasteiger partial charge >= 0.3 is 5.97 Å². The molecule has 0 aromatic heterocycles. The first kappa shape index (κ1) is 14.4. The van der Waals surface area contributed by atoms with E-state index in [1.165, 1.54) is 12.8 Å². The van der Waals surface area contributed by atoms with E-state index in [-0.39, 0.29) is 11.7 Å². The smallest absolute Gasteiger partial charge is 0.336 e. The van der Waals surface area contributed by atoms with Gasteiger partial charge in [0.2, 0.25) is 0 Å². The lowest BCUT2D eigenvalue weighted by atomic mass is 9.76. The molecule has 1 N–H and O–H groups in total. The molecule has 2 rings (SSSR count). The number of ether oxygens (including phenoxy) is 1. The largest absolute Gasteiger partial charge is 0.490 e. The monoisotopic (exact) mass is 326 g/mol. The van der Waals surface area contributed by atoms with Crippen LogP contribution in [0.4, 0.5) is 0 Å². The first-order valence-electron chi connectivity index (χ1n) is 6.57. The molecule has 104 valence electrons. The zero-order valence-electron chi connectivity index (χ0n) is 11.3. The van der Waals surface area contributed by atoms with Gasteiger partial charge in [0.15, 0.2) is 0 Å². The molecule has 0 heterocycles. The van der Waals surface area contributed by atoms with Crippen molar-refractivity contribution < 1.29 is 14.6 Å². The molecule has 0 spiro atoms. The average Bonchev–Trinajstić information content (AvgIpc) is 2.31. The van der Waals surface area contributed by atoms with E-state index >= 15 is 0 Å². The first-order valence-corrected chi connectivity index (χ1v) is 7.36. The molecule has 1 aliphatic rings. The van der Waals surface area contributed by atoms with Gasteiger partial charge in [-0.1, -0.05) is 13.8 Å². The summed E-state index contributed by atoms with van der Waals surface area (Å²) in [6.07, 6.45) is 4.71. The van der Waals surface area contributed by atoms with Crippen LogP contribution in [0.2, 0.25) is 0 Å². The molecule has 0 bridgehead atoms. The highest BCUT2D eigenvalue weighted by molar-refractivity contribution is 9.10. The summed E-state index contributed by atoms with van der Waals surface area (Å²) in [5.41, 5.74) is 0.685. The number of benzene rings is 1. The topological polar surface area (TPSA) is 46.5 Å². The zero-order chi connectivity index (χ0) is 14.0. The van der Waals surface area contributed by atoms with Crippen LogP contribution in [0.3, 0.4) is 0 Å². The van der Waals surface area contributed by atoms with E-state index in [2.05, 4.69) is 29.8 Å². The summed E-state index contributed by atoms with van der Waals surface area (Å²) in [5, 5.41) is 8.96. The van der Waals surface area contributed by atoms with Gasteiger partial charge in [0.1, 0.15) is 5.75 Å². The molecule has 0 radical (unpaired) electrons. The average molecular weight is 327 g/mol. The van der Waals surface area contributed by atoms with E-state index in [4.69, 9.17) is 9.84 Å². The van der Waals surface area contributed by atoms with Crippen LogP contribution in [0.25, 0.3) is 0 Å². The van der Waals surface area contributed by atoms with Gasteiger partial charge in [-0.15, -0.1) is 0 Å². The molecular formula is C15H19BrO3. The highest BCUT2D eigenvalue weighted by Crippen LogP contribution is 2.37. The molecule has 3 nitrogen and oxygen atoms in total. The summed E-state index contributed by atoms with van der Waals surface area (Å²) in [5.74, 6) is -0.195. The maximum Gasteiger partial charge on any atom is 0.336 e. The van der Waals surface area contributed by atoms with Crippen LogP contribution < -0.4 is 4.74 Å². The molecule has 1 fully saturated rings. The van der Waals surface area contributed by atoms with Crippen LogP contribution in [0.1, 0.15) is 49.9 Å². The summed E-state index contributed by atoms with van der Waals surface area (Å²) >= 11 is 3.27. The van der Waals surface area contributed by atoms with E-state index in [0.29, 0.717) is 9.89 Å². The van der Waals surface area contributed by atoms with Gasteiger partial charge in [-0.3, -0.25) is 0 Å². The molecule has 4 heteroatoms. The Morgan fingerprint density at radius 1 is 1.37 bits per heavy atom. The van der Waals surface area contributed by atoms with Crippen LogP contribution in [-0.2, 0) is 0 Å². The van der Waals surface area contributed by atoms with E-state index in [1.807, 2.05) is 0 Å². The Bertz CT molecular complexity index is 472. The lowest BCUT2D eigenvalue weighted by Gasteiger charge is -2.34. The summed E-state index contributed by atoms with van der Waals surface area (Å²) < 4.78 is 6.50. The highest BCUT2D eigenvalue weighted by Gasteiger charge is 2.27. The Labute approximate surface area is 122 Å². The van der Waals surface area contributed by atoms with Gasteiger partial charge in [0.25, 0.3) is 0 Å². The van der Waals surface area contributed by atoms with Crippen LogP contribution in [0.5, 0.6) is 5.75 Å². The third-order valence-corrected chi connectivity index (χ3v) is 4.42. The quantitative estimate of drug-likeness (QED) is 0.889. The molecule has 1 saturated carbocycles. The molecule has 1 aromatic carbocycles. The highest BCUT2D eigenvalue weighted by atomic mass is 79.9. The van der Waals surface area contributed by atoms with Gasteiger partial charge in [-0.05, 0) is 65.2 Å². The van der Waals surface area contributed by atoms with Gasteiger partial charge in [0.05, 0.1) is 11.7 Å². The Kier molecular flexibility index (Phi) is 4.19. The molecule has 0 aliphatic heterocycles. The molecule has 0 amide bonds. The standard InChI is InChI=1S/C15H19BrO3/c1-15(2)7-5-10(6-8-15)19-11-3-4-12(14(17)18)13(16)9-11/h3-4,9-10H,5-8H2,1-2H3,(H,17,18). The van der Waals surface area contributed by atoms with E-state index in [1.54, 1.807) is 18.2 Å². The molecule has 0 unspecified atom stereocenters. The third-order valence-electron chi connectivity index (χ3n) is 3.76. The zero-order valence-corrected chi connectivity index (χ0v) is 12.9. The maximum absolute atomic E-state index is 10.9. The number of rotatable bonds is 3. The van der Waals surface area contributed by atoms with E-state index in [9.17, 15) is 4.79 Å². The van der Waals surface area contributed by atoms with Crippen molar-refractivity contribution in [3.63, 3.8) is 0 Å². The van der Waals surface area contributed by atoms with Gasteiger partial charge in [0, 0.05) is 4.47 Å². The summed E-state index contributed by atoms with van der Waals surface area (Å²) in [7, 11) is 0. The number of hydrogen-bond donors (Lipinski definition) is 1. The SMILES string of the molecule is CC1(C)CCC(Oc2ccc(C(=O)O)c(Br)c2)CC1. The minimum absolute atomic E-state index is 0.246. The van der Waals surface area contributed by atoms with Crippen LogP contribution in [0.15, 0.2) is 22.7 Å². The Balaban J connectivity index is 2.01. The van der Waals surface area contributed by atoms with Crippen molar-refractivity contribution in [2.24, 2.45) is 5.41 Å². The second-order valence-corrected chi connectivity index (χ2v) is 6.78. The molecule has 0 atom stereocenters. The van der Waals surface area contributed by atoms with Crippen molar-refractivity contribution in [2.75, 3.05) is 0 Å². The van der Waals surface area contributed by atoms with Crippen molar-refractivity contribution >= 4 is 21.9 Å². The summed E-state index contributed by atoms with van der Waals surface area (Å²) in [6.45, 7) is 4.59. The van der Waals surface area contributed by atoms with Crippen molar-refractivity contribution in [3.8, 4) is 5.75 Å².